The Hall–Kier alpha value is -1.71. The van der Waals surface area contributed by atoms with Gasteiger partial charge < -0.3 is 15.5 Å². The molecule has 4 heteroatoms. The van der Waals surface area contributed by atoms with Crippen molar-refractivity contribution in [3.63, 3.8) is 0 Å². The molecule has 0 bridgehead atoms. The summed E-state index contributed by atoms with van der Waals surface area (Å²) >= 11 is 0. The molecule has 0 unspecified atom stereocenters. The summed E-state index contributed by atoms with van der Waals surface area (Å²) in [5, 5.41) is 3.13. The number of nitrogens with zero attached hydrogens (tertiary/aromatic N) is 1. The van der Waals surface area contributed by atoms with E-state index in [1.807, 2.05) is 12.1 Å². The molecule has 0 aliphatic heterocycles. The first-order valence-corrected chi connectivity index (χ1v) is 5.05. The van der Waals surface area contributed by atoms with Crippen molar-refractivity contribution in [1.82, 2.24) is 4.98 Å². The zero-order valence-corrected chi connectivity index (χ0v) is 8.95. The molecule has 15 heavy (non-hydrogen) atoms. The van der Waals surface area contributed by atoms with Crippen LogP contribution >= 0.6 is 0 Å². The van der Waals surface area contributed by atoms with Gasteiger partial charge in [0.15, 0.2) is 5.58 Å². The van der Waals surface area contributed by atoms with Crippen LogP contribution in [0.1, 0.15) is 13.8 Å². The lowest BCUT2D eigenvalue weighted by atomic mass is 10.2. The van der Waals surface area contributed by atoms with E-state index in [0.717, 1.165) is 17.6 Å². The van der Waals surface area contributed by atoms with Gasteiger partial charge in [-0.2, -0.15) is 4.98 Å². The van der Waals surface area contributed by atoms with E-state index in [9.17, 15) is 0 Å². The van der Waals surface area contributed by atoms with E-state index in [-0.39, 0.29) is 0 Å². The average Bonchev–Trinajstić information content (AvgIpc) is 2.56. The fraction of sp³-hybridized carbons (Fsp3) is 0.364. The van der Waals surface area contributed by atoms with Crippen LogP contribution in [0, 0.1) is 5.92 Å². The number of fused-ring (bicyclic) bond motifs is 1. The van der Waals surface area contributed by atoms with Crippen LogP contribution in [0.25, 0.3) is 11.1 Å². The maximum atomic E-state index is 5.65. The molecule has 2 aromatic rings. The Morgan fingerprint density at radius 2 is 2.27 bits per heavy atom. The first kappa shape index (κ1) is 9.83. The molecule has 80 valence electrons. The van der Waals surface area contributed by atoms with Gasteiger partial charge in [0.1, 0.15) is 5.52 Å². The van der Waals surface area contributed by atoms with Crippen LogP contribution in [-0.2, 0) is 0 Å². The molecule has 0 amide bonds. The third-order valence-electron chi connectivity index (χ3n) is 2.07. The number of hydrogen-bond acceptors (Lipinski definition) is 4. The van der Waals surface area contributed by atoms with E-state index in [1.54, 1.807) is 6.07 Å². The Morgan fingerprint density at radius 1 is 1.47 bits per heavy atom. The van der Waals surface area contributed by atoms with Crippen molar-refractivity contribution in [2.75, 3.05) is 17.6 Å². The number of anilines is 2. The minimum Gasteiger partial charge on any atom is -0.423 e. The second kappa shape index (κ2) is 3.81. The summed E-state index contributed by atoms with van der Waals surface area (Å²) < 4.78 is 5.50. The average molecular weight is 205 g/mol. The van der Waals surface area contributed by atoms with E-state index in [4.69, 9.17) is 10.2 Å². The van der Waals surface area contributed by atoms with Crippen LogP contribution in [0.2, 0.25) is 0 Å². The molecule has 0 fully saturated rings. The molecule has 3 N–H and O–H groups in total. The minimum atomic E-state index is 0.560. The number of oxazole rings is 1. The van der Waals surface area contributed by atoms with Gasteiger partial charge in [-0.05, 0) is 18.1 Å². The Labute approximate surface area is 88.5 Å². The molecule has 0 radical (unpaired) electrons. The number of nitrogens with two attached hydrogens (primary N) is 1. The van der Waals surface area contributed by atoms with Crippen molar-refractivity contribution in [3.8, 4) is 0 Å². The van der Waals surface area contributed by atoms with E-state index in [0.29, 0.717) is 17.6 Å². The molecular formula is C11H15N3O. The highest BCUT2D eigenvalue weighted by Gasteiger charge is 2.05. The highest BCUT2D eigenvalue weighted by molar-refractivity contribution is 5.77. The fourth-order valence-electron chi connectivity index (χ4n) is 1.31. The summed E-state index contributed by atoms with van der Waals surface area (Å²) in [6.45, 7) is 5.11. The van der Waals surface area contributed by atoms with Crippen molar-refractivity contribution in [1.29, 1.82) is 0 Å². The van der Waals surface area contributed by atoms with E-state index in [2.05, 4.69) is 24.1 Å². The van der Waals surface area contributed by atoms with Gasteiger partial charge >= 0.3 is 0 Å². The molecule has 0 atom stereocenters. The lowest BCUT2D eigenvalue weighted by Gasteiger charge is -2.03. The number of rotatable bonds is 3. The topological polar surface area (TPSA) is 64.1 Å². The van der Waals surface area contributed by atoms with Crippen LogP contribution < -0.4 is 11.1 Å². The first-order chi connectivity index (χ1) is 7.15. The number of aromatic nitrogens is 1. The number of hydrogen-bond donors (Lipinski definition) is 2. The standard InChI is InChI=1S/C11H15N3O/c1-7(2)6-13-11-14-9-4-3-8(12)5-10(9)15-11/h3-5,7H,6,12H2,1-2H3,(H,13,14). The molecule has 0 saturated heterocycles. The van der Waals surface area contributed by atoms with Crippen LogP contribution in [0.5, 0.6) is 0 Å². The molecule has 0 aliphatic rings. The van der Waals surface area contributed by atoms with Gasteiger partial charge in [-0.15, -0.1) is 0 Å². The molecule has 1 aromatic carbocycles. The predicted octanol–water partition coefficient (Wildman–Crippen LogP) is 2.48. The fourth-order valence-corrected chi connectivity index (χ4v) is 1.31. The molecule has 1 heterocycles. The highest BCUT2D eigenvalue weighted by atomic mass is 16.4. The molecule has 4 nitrogen and oxygen atoms in total. The second-order valence-corrected chi connectivity index (χ2v) is 4.02. The van der Waals surface area contributed by atoms with E-state index >= 15 is 0 Å². The minimum absolute atomic E-state index is 0.560. The summed E-state index contributed by atoms with van der Waals surface area (Å²) in [7, 11) is 0. The zero-order chi connectivity index (χ0) is 10.8. The van der Waals surface area contributed by atoms with E-state index < -0.39 is 0 Å². The normalized spacial score (nSPS) is 11.1. The number of nitrogen functional groups attached to an aromatic ring is 1. The molecule has 0 aliphatic carbocycles. The van der Waals surface area contributed by atoms with Crippen LogP contribution in [0.15, 0.2) is 22.6 Å². The second-order valence-electron chi connectivity index (χ2n) is 4.02. The molecule has 0 saturated carbocycles. The molecule has 2 rings (SSSR count). The van der Waals surface area contributed by atoms with Crippen LogP contribution in [0.3, 0.4) is 0 Å². The number of nitrogens with one attached hydrogen (secondary N) is 1. The quantitative estimate of drug-likeness (QED) is 0.755. The van der Waals surface area contributed by atoms with Gasteiger partial charge in [-0.1, -0.05) is 13.8 Å². The Morgan fingerprint density at radius 3 is 3.00 bits per heavy atom. The van der Waals surface area contributed by atoms with Crippen molar-refractivity contribution >= 4 is 22.8 Å². The Balaban J connectivity index is 2.23. The van der Waals surface area contributed by atoms with Crippen molar-refractivity contribution in [2.24, 2.45) is 5.92 Å². The van der Waals surface area contributed by atoms with Gasteiger partial charge in [0.25, 0.3) is 6.01 Å². The predicted molar refractivity (Wildman–Crippen MR) is 61.7 cm³/mol. The summed E-state index contributed by atoms with van der Waals surface area (Å²) in [6.07, 6.45) is 0. The van der Waals surface area contributed by atoms with Crippen LogP contribution in [0.4, 0.5) is 11.7 Å². The van der Waals surface area contributed by atoms with Gasteiger partial charge in [0.05, 0.1) is 0 Å². The maximum absolute atomic E-state index is 5.65. The number of benzene rings is 1. The SMILES string of the molecule is CC(C)CNc1nc2ccc(N)cc2o1. The molecule has 0 spiro atoms. The Bertz CT molecular complexity index is 462. The zero-order valence-electron chi connectivity index (χ0n) is 8.95. The lowest BCUT2D eigenvalue weighted by molar-refractivity contribution is 0.596. The van der Waals surface area contributed by atoms with E-state index in [1.165, 1.54) is 0 Å². The van der Waals surface area contributed by atoms with Crippen molar-refractivity contribution < 1.29 is 4.42 Å². The summed E-state index contributed by atoms with van der Waals surface area (Å²) in [4.78, 5) is 4.29. The lowest BCUT2D eigenvalue weighted by Crippen LogP contribution is -2.07. The summed E-state index contributed by atoms with van der Waals surface area (Å²) in [6, 6.07) is 6.01. The smallest absolute Gasteiger partial charge is 0.295 e. The third kappa shape index (κ3) is 2.21. The van der Waals surface area contributed by atoms with Crippen molar-refractivity contribution in [2.45, 2.75) is 13.8 Å². The molecule has 1 aromatic heterocycles. The summed E-state index contributed by atoms with van der Waals surface area (Å²) in [5.41, 5.74) is 7.89. The van der Waals surface area contributed by atoms with Crippen molar-refractivity contribution in [3.05, 3.63) is 18.2 Å². The van der Waals surface area contributed by atoms with Gasteiger partial charge in [-0.25, -0.2) is 0 Å². The first-order valence-electron chi connectivity index (χ1n) is 5.05. The summed E-state index contributed by atoms with van der Waals surface area (Å²) in [5.74, 6) is 0.560. The third-order valence-corrected chi connectivity index (χ3v) is 2.07. The highest BCUT2D eigenvalue weighted by Crippen LogP contribution is 2.21. The largest absolute Gasteiger partial charge is 0.423 e. The van der Waals surface area contributed by atoms with Gasteiger partial charge in [0.2, 0.25) is 0 Å². The molecular weight excluding hydrogens is 190 g/mol. The van der Waals surface area contributed by atoms with Gasteiger partial charge in [-0.3, -0.25) is 0 Å². The van der Waals surface area contributed by atoms with Gasteiger partial charge in [0, 0.05) is 18.3 Å². The van der Waals surface area contributed by atoms with Crippen LogP contribution in [-0.4, -0.2) is 11.5 Å². The maximum Gasteiger partial charge on any atom is 0.295 e. The monoisotopic (exact) mass is 205 g/mol. The Kier molecular flexibility index (Phi) is 2.49.